The van der Waals surface area contributed by atoms with Crippen molar-refractivity contribution < 1.29 is 23.9 Å². The molecule has 0 aliphatic rings. The molecule has 0 heterocycles. The van der Waals surface area contributed by atoms with Crippen LogP contribution in [0.25, 0.3) is 0 Å². The van der Waals surface area contributed by atoms with E-state index in [4.69, 9.17) is 21.1 Å². The summed E-state index contributed by atoms with van der Waals surface area (Å²) in [6.45, 7) is 1.87. The summed E-state index contributed by atoms with van der Waals surface area (Å²) in [5, 5.41) is 6.78. The molecular formula is C24H20ClN3O5. The number of aryl methyl sites for hydroxylation is 1. The molecule has 0 bridgehead atoms. The van der Waals surface area contributed by atoms with Crippen LogP contribution < -0.4 is 20.2 Å². The molecule has 3 aromatic carbocycles. The number of benzene rings is 3. The number of rotatable bonds is 6. The molecule has 2 amide bonds. The fourth-order valence-electron chi connectivity index (χ4n) is 2.72. The Labute approximate surface area is 195 Å². The molecule has 0 unspecified atom stereocenters. The molecule has 0 atom stereocenters. The van der Waals surface area contributed by atoms with Gasteiger partial charge in [-0.15, -0.1) is 0 Å². The van der Waals surface area contributed by atoms with Crippen molar-refractivity contribution in [1.82, 2.24) is 5.43 Å². The molecule has 9 heteroatoms. The highest BCUT2D eigenvalue weighted by Crippen LogP contribution is 2.28. The minimum absolute atomic E-state index is 0.205. The lowest BCUT2D eigenvalue weighted by molar-refractivity contribution is -0.136. The van der Waals surface area contributed by atoms with Gasteiger partial charge in [0.25, 0.3) is 0 Å². The van der Waals surface area contributed by atoms with E-state index < -0.39 is 17.8 Å². The van der Waals surface area contributed by atoms with E-state index in [1.165, 1.54) is 19.4 Å². The van der Waals surface area contributed by atoms with Crippen molar-refractivity contribution in [2.45, 2.75) is 6.92 Å². The van der Waals surface area contributed by atoms with Gasteiger partial charge in [0.1, 0.15) is 0 Å². The smallest absolute Gasteiger partial charge is 0.343 e. The Hall–Kier alpha value is -4.17. The molecule has 0 spiro atoms. The van der Waals surface area contributed by atoms with E-state index >= 15 is 0 Å². The van der Waals surface area contributed by atoms with Crippen molar-refractivity contribution in [2.24, 2.45) is 5.10 Å². The molecule has 168 valence electrons. The Kier molecular flexibility index (Phi) is 7.77. The Bertz CT molecular complexity index is 1210. The standard InChI is InChI=1S/C24H20ClN3O5/c1-15-4-3-5-19(12-15)27-22(29)23(30)28-26-14-16-6-11-20(21(13-16)32-2)33-24(31)17-7-9-18(25)10-8-17/h3-14H,1-2H3,(H,27,29)(H,28,30). The van der Waals surface area contributed by atoms with Crippen LogP contribution in [0.15, 0.2) is 71.8 Å². The van der Waals surface area contributed by atoms with Gasteiger partial charge in [-0.1, -0.05) is 23.7 Å². The molecule has 3 aromatic rings. The van der Waals surface area contributed by atoms with Gasteiger partial charge in [0.2, 0.25) is 0 Å². The van der Waals surface area contributed by atoms with Crippen molar-refractivity contribution in [1.29, 1.82) is 0 Å². The fourth-order valence-corrected chi connectivity index (χ4v) is 2.85. The van der Waals surface area contributed by atoms with Crippen molar-refractivity contribution in [3.8, 4) is 11.5 Å². The summed E-state index contributed by atoms with van der Waals surface area (Å²) < 4.78 is 10.7. The summed E-state index contributed by atoms with van der Waals surface area (Å²) in [6.07, 6.45) is 1.32. The SMILES string of the molecule is COc1cc(C=NNC(=O)C(=O)Nc2cccc(C)c2)ccc1OC(=O)c1ccc(Cl)cc1. The summed E-state index contributed by atoms with van der Waals surface area (Å²) >= 11 is 5.83. The van der Waals surface area contributed by atoms with Gasteiger partial charge in [0.05, 0.1) is 18.9 Å². The number of nitrogens with one attached hydrogen (secondary N) is 2. The Morgan fingerprint density at radius 3 is 2.39 bits per heavy atom. The zero-order valence-corrected chi connectivity index (χ0v) is 18.6. The maximum absolute atomic E-state index is 12.3. The van der Waals surface area contributed by atoms with Gasteiger partial charge in [-0.2, -0.15) is 5.10 Å². The third kappa shape index (κ3) is 6.65. The summed E-state index contributed by atoms with van der Waals surface area (Å²) in [4.78, 5) is 36.2. The van der Waals surface area contributed by atoms with Gasteiger partial charge in [-0.05, 0) is 72.6 Å². The number of amides is 2. The quantitative estimate of drug-likeness (QED) is 0.188. The largest absolute Gasteiger partial charge is 0.493 e. The van der Waals surface area contributed by atoms with Crippen molar-refractivity contribution in [3.05, 3.63) is 88.4 Å². The van der Waals surface area contributed by atoms with Crippen LogP contribution in [0.3, 0.4) is 0 Å². The van der Waals surface area contributed by atoms with E-state index in [1.807, 2.05) is 13.0 Å². The highest BCUT2D eigenvalue weighted by Gasteiger charge is 2.14. The van der Waals surface area contributed by atoms with Crippen molar-refractivity contribution in [3.63, 3.8) is 0 Å². The molecule has 3 rings (SSSR count). The van der Waals surface area contributed by atoms with Crippen LogP contribution in [0.1, 0.15) is 21.5 Å². The number of hydrogen-bond donors (Lipinski definition) is 2. The molecule has 0 fully saturated rings. The van der Waals surface area contributed by atoms with Crippen molar-refractivity contribution >= 4 is 41.3 Å². The lowest BCUT2D eigenvalue weighted by atomic mass is 10.2. The molecule has 2 N–H and O–H groups in total. The van der Waals surface area contributed by atoms with Crippen LogP contribution in [0.4, 0.5) is 5.69 Å². The van der Waals surface area contributed by atoms with Gasteiger partial charge >= 0.3 is 17.8 Å². The first-order chi connectivity index (χ1) is 15.9. The molecule has 33 heavy (non-hydrogen) atoms. The molecular weight excluding hydrogens is 446 g/mol. The number of nitrogens with zero attached hydrogens (tertiary/aromatic N) is 1. The maximum atomic E-state index is 12.3. The number of esters is 1. The predicted octanol–water partition coefficient (Wildman–Crippen LogP) is 3.97. The molecule has 0 aromatic heterocycles. The summed E-state index contributed by atoms with van der Waals surface area (Å²) in [7, 11) is 1.42. The Morgan fingerprint density at radius 2 is 1.70 bits per heavy atom. The number of ether oxygens (including phenoxy) is 2. The number of methoxy groups -OCH3 is 1. The maximum Gasteiger partial charge on any atom is 0.343 e. The molecule has 0 aliphatic heterocycles. The average molecular weight is 466 g/mol. The topological polar surface area (TPSA) is 106 Å². The molecule has 0 saturated carbocycles. The van der Waals surface area contributed by atoms with Crippen LogP contribution in [-0.4, -0.2) is 31.1 Å². The van der Waals surface area contributed by atoms with E-state index in [9.17, 15) is 14.4 Å². The number of hydrazone groups is 1. The highest BCUT2D eigenvalue weighted by molar-refractivity contribution is 6.39. The van der Waals surface area contributed by atoms with Gasteiger partial charge < -0.3 is 14.8 Å². The Morgan fingerprint density at radius 1 is 0.939 bits per heavy atom. The third-order valence-electron chi connectivity index (χ3n) is 4.33. The van der Waals surface area contributed by atoms with Gasteiger partial charge in [0.15, 0.2) is 11.5 Å². The molecule has 8 nitrogen and oxygen atoms in total. The van der Waals surface area contributed by atoms with Gasteiger partial charge in [-0.3, -0.25) is 9.59 Å². The van der Waals surface area contributed by atoms with Crippen LogP contribution in [0.2, 0.25) is 5.02 Å². The highest BCUT2D eigenvalue weighted by atomic mass is 35.5. The molecule has 0 saturated heterocycles. The van der Waals surface area contributed by atoms with E-state index in [0.29, 0.717) is 21.8 Å². The second-order valence-electron chi connectivity index (χ2n) is 6.83. The summed E-state index contributed by atoms with van der Waals surface area (Å²) in [5.74, 6) is -1.85. The lowest BCUT2D eigenvalue weighted by Gasteiger charge is -2.10. The zero-order valence-electron chi connectivity index (χ0n) is 17.8. The Balaban J connectivity index is 1.60. The molecule has 0 radical (unpaired) electrons. The van der Waals surface area contributed by atoms with Crippen molar-refractivity contribution in [2.75, 3.05) is 12.4 Å². The average Bonchev–Trinajstić information content (AvgIpc) is 2.80. The second kappa shape index (κ2) is 10.9. The van der Waals surface area contributed by atoms with E-state index in [2.05, 4.69) is 15.8 Å². The first kappa shape index (κ1) is 23.5. The first-order valence-corrected chi connectivity index (χ1v) is 10.1. The van der Waals surface area contributed by atoms with Crippen LogP contribution in [-0.2, 0) is 9.59 Å². The molecule has 0 aliphatic carbocycles. The number of anilines is 1. The van der Waals surface area contributed by atoms with Crippen LogP contribution >= 0.6 is 11.6 Å². The lowest BCUT2D eigenvalue weighted by Crippen LogP contribution is -2.32. The number of carbonyl (C=O) groups is 3. The van der Waals surface area contributed by atoms with Crippen LogP contribution in [0, 0.1) is 6.92 Å². The monoisotopic (exact) mass is 465 g/mol. The number of halogens is 1. The second-order valence-corrected chi connectivity index (χ2v) is 7.27. The van der Waals surface area contributed by atoms with E-state index in [-0.39, 0.29) is 11.5 Å². The zero-order chi connectivity index (χ0) is 23.8. The first-order valence-electron chi connectivity index (χ1n) is 9.72. The normalized spacial score (nSPS) is 10.5. The number of carbonyl (C=O) groups excluding carboxylic acids is 3. The van der Waals surface area contributed by atoms with Crippen LogP contribution in [0.5, 0.6) is 11.5 Å². The van der Waals surface area contributed by atoms with Gasteiger partial charge in [-0.25, -0.2) is 10.2 Å². The minimum atomic E-state index is -0.923. The summed E-state index contributed by atoms with van der Waals surface area (Å²) in [5.41, 5.74) is 4.48. The fraction of sp³-hybridized carbons (Fsp3) is 0.0833. The van der Waals surface area contributed by atoms with E-state index in [0.717, 1.165) is 5.56 Å². The third-order valence-corrected chi connectivity index (χ3v) is 4.58. The summed E-state index contributed by atoms with van der Waals surface area (Å²) in [6, 6.07) is 18.0. The van der Waals surface area contributed by atoms with Gasteiger partial charge in [0, 0.05) is 10.7 Å². The minimum Gasteiger partial charge on any atom is -0.493 e. The van der Waals surface area contributed by atoms with E-state index in [1.54, 1.807) is 54.6 Å². The predicted molar refractivity (Wildman–Crippen MR) is 125 cm³/mol. The number of hydrogen-bond acceptors (Lipinski definition) is 6.